The standard InChI is InChI=1S/C45H30N2/c1-2-3-13-28-26-29-14-12-22-40-42(29)36-27-30(43-35-19-8-11-23-41(35)46-44(47-43)34-18-5-4-15-31(28)34)24-25-39(36)45(40)37-20-9-6-16-32(37)33-17-7-10-21-38(33)45/h2-25,27H,26H2,1H3/b3-2-,28-13?. The minimum absolute atomic E-state index is 0.392. The van der Waals surface area contributed by atoms with Crippen LogP contribution in [0.5, 0.6) is 0 Å². The van der Waals surface area contributed by atoms with Crippen LogP contribution in [0.2, 0.25) is 0 Å². The van der Waals surface area contributed by atoms with Crippen LogP contribution in [0.25, 0.3) is 61.4 Å². The molecule has 2 heterocycles. The van der Waals surface area contributed by atoms with Crippen molar-refractivity contribution < 1.29 is 0 Å². The molecule has 0 saturated carbocycles. The van der Waals surface area contributed by atoms with Crippen molar-refractivity contribution >= 4 is 16.5 Å². The third-order valence-electron chi connectivity index (χ3n) is 10.5. The Labute approximate surface area is 274 Å². The van der Waals surface area contributed by atoms with Crippen LogP contribution in [-0.2, 0) is 11.8 Å². The first-order valence-electron chi connectivity index (χ1n) is 16.4. The fraction of sp³-hybridized carbons (Fsp3) is 0.0667. The molecule has 1 aliphatic heterocycles. The van der Waals surface area contributed by atoms with Crippen molar-refractivity contribution in [1.29, 1.82) is 0 Å². The summed E-state index contributed by atoms with van der Waals surface area (Å²) in [5, 5.41) is 1.06. The fourth-order valence-electron chi connectivity index (χ4n) is 8.60. The number of fused-ring (bicyclic) bond motifs is 15. The molecule has 2 heteroatoms. The van der Waals surface area contributed by atoms with Crippen molar-refractivity contribution in [2.24, 2.45) is 0 Å². The van der Waals surface area contributed by atoms with E-state index in [2.05, 4.69) is 159 Å². The van der Waals surface area contributed by atoms with Gasteiger partial charge in [0.1, 0.15) is 0 Å². The van der Waals surface area contributed by atoms with E-state index in [4.69, 9.17) is 9.97 Å². The number of aromatic nitrogens is 2. The van der Waals surface area contributed by atoms with E-state index >= 15 is 0 Å². The largest absolute Gasteiger partial charge is 0.228 e. The molecule has 0 saturated heterocycles. The molecule has 4 bridgehead atoms. The van der Waals surface area contributed by atoms with Crippen LogP contribution in [0.4, 0.5) is 0 Å². The van der Waals surface area contributed by atoms with Gasteiger partial charge in [-0.2, -0.15) is 0 Å². The lowest BCUT2D eigenvalue weighted by molar-refractivity contribution is 0.793. The molecule has 2 aliphatic carbocycles. The topological polar surface area (TPSA) is 25.8 Å². The van der Waals surface area contributed by atoms with Gasteiger partial charge in [-0.15, -0.1) is 0 Å². The van der Waals surface area contributed by atoms with E-state index in [1.54, 1.807) is 0 Å². The molecule has 2 nitrogen and oxygen atoms in total. The van der Waals surface area contributed by atoms with E-state index in [0.717, 1.165) is 45.5 Å². The summed E-state index contributed by atoms with van der Waals surface area (Å²) in [6, 6.07) is 49.2. The normalized spacial score (nSPS) is 15.4. The van der Waals surface area contributed by atoms with Crippen LogP contribution < -0.4 is 0 Å². The summed E-state index contributed by atoms with van der Waals surface area (Å²) in [6.07, 6.45) is 7.32. The van der Waals surface area contributed by atoms with Gasteiger partial charge in [-0.1, -0.05) is 140 Å². The van der Waals surface area contributed by atoms with Gasteiger partial charge >= 0.3 is 0 Å². The van der Waals surface area contributed by atoms with Gasteiger partial charge in [-0.25, -0.2) is 9.97 Å². The van der Waals surface area contributed by atoms with Crippen LogP contribution in [0.15, 0.2) is 152 Å². The first-order chi connectivity index (χ1) is 23.3. The molecule has 47 heavy (non-hydrogen) atoms. The lowest BCUT2D eigenvalue weighted by Gasteiger charge is -2.30. The maximum Gasteiger partial charge on any atom is 0.161 e. The zero-order valence-corrected chi connectivity index (χ0v) is 26.0. The average molecular weight is 599 g/mol. The van der Waals surface area contributed by atoms with E-state index in [0.29, 0.717) is 0 Å². The molecule has 10 rings (SSSR count). The Morgan fingerprint density at radius 2 is 1.23 bits per heavy atom. The zero-order chi connectivity index (χ0) is 31.1. The summed E-state index contributed by atoms with van der Waals surface area (Å²) in [4.78, 5) is 10.5. The quantitative estimate of drug-likeness (QED) is 0.188. The van der Waals surface area contributed by atoms with Crippen molar-refractivity contribution in [3.05, 3.63) is 185 Å². The van der Waals surface area contributed by atoms with Crippen molar-refractivity contribution in [2.75, 3.05) is 0 Å². The molecule has 0 amide bonds. The number of hydrogen-bond acceptors (Lipinski definition) is 2. The minimum Gasteiger partial charge on any atom is -0.228 e. The predicted molar refractivity (Wildman–Crippen MR) is 193 cm³/mol. The maximum absolute atomic E-state index is 5.37. The molecule has 220 valence electrons. The Balaban J connectivity index is 1.38. The number of rotatable bonds is 1. The molecule has 0 unspecified atom stereocenters. The highest BCUT2D eigenvalue weighted by atomic mass is 14.9. The number of para-hydroxylation sites is 1. The zero-order valence-electron chi connectivity index (χ0n) is 26.0. The molecule has 0 fully saturated rings. The second-order valence-corrected chi connectivity index (χ2v) is 12.8. The molecule has 6 aromatic carbocycles. The number of allylic oxidation sites excluding steroid dienone is 4. The van der Waals surface area contributed by atoms with E-state index in [9.17, 15) is 0 Å². The van der Waals surface area contributed by atoms with Crippen LogP contribution >= 0.6 is 0 Å². The maximum atomic E-state index is 5.37. The van der Waals surface area contributed by atoms with Crippen LogP contribution in [-0.4, -0.2) is 9.97 Å². The van der Waals surface area contributed by atoms with Gasteiger partial charge in [-0.3, -0.25) is 0 Å². The highest BCUT2D eigenvalue weighted by Gasteiger charge is 2.52. The number of nitrogens with zero attached hydrogens (tertiary/aromatic N) is 2. The highest BCUT2D eigenvalue weighted by Crippen LogP contribution is 2.63. The van der Waals surface area contributed by atoms with E-state index < -0.39 is 5.41 Å². The van der Waals surface area contributed by atoms with Crippen molar-refractivity contribution in [2.45, 2.75) is 18.8 Å². The van der Waals surface area contributed by atoms with Gasteiger partial charge in [0.15, 0.2) is 5.82 Å². The summed E-state index contributed by atoms with van der Waals surface area (Å²) in [5.74, 6) is 0.755. The van der Waals surface area contributed by atoms with Crippen molar-refractivity contribution in [3.8, 4) is 44.9 Å². The lowest BCUT2D eigenvalue weighted by Crippen LogP contribution is -2.25. The average Bonchev–Trinajstić information content (AvgIpc) is 3.60. The van der Waals surface area contributed by atoms with Crippen molar-refractivity contribution in [1.82, 2.24) is 9.97 Å². The Morgan fingerprint density at radius 3 is 2.02 bits per heavy atom. The minimum atomic E-state index is -0.392. The second kappa shape index (κ2) is 9.82. The van der Waals surface area contributed by atoms with Crippen LogP contribution in [0.3, 0.4) is 0 Å². The summed E-state index contributed by atoms with van der Waals surface area (Å²) in [5.41, 5.74) is 18.2. The van der Waals surface area contributed by atoms with Crippen molar-refractivity contribution in [3.63, 3.8) is 0 Å². The van der Waals surface area contributed by atoms with Gasteiger partial charge in [0, 0.05) is 16.5 Å². The molecule has 7 aromatic rings. The van der Waals surface area contributed by atoms with E-state index in [1.165, 1.54) is 55.6 Å². The molecule has 1 spiro atoms. The number of benzene rings is 6. The first kappa shape index (κ1) is 26.4. The van der Waals surface area contributed by atoms with Gasteiger partial charge in [0.25, 0.3) is 0 Å². The SMILES string of the molecule is C/C=C\C=C1Cc2cccc3c2-c2cc(ccc2C32c3ccccc3-c3ccccc32)-c2nc(nc3ccccc23)-c2ccccc21. The van der Waals surface area contributed by atoms with Gasteiger partial charge in [-0.05, 0) is 86.7 Å². The molecule has 0 atom stereocenters. The Hall–Kier alpha value is -5.86. The molecule has 0 radical (unpaired) electrons. The predicted octanol–water partition coefficient (Wildman–Crippen LogP) is 10.8. The Kier molecular flexibility index (Phi) is 5.51. The van der Waals surface area contributed by atoms with Gasteiger partial charge < -0.3 is 0 Å². The molecular weight excluding hydrogens is 569 g/mol. The van der Waals surface area contributed by atoms with Crippen LogP contribution in [0, 0.1) is 0 Å². The van der Waals surface area contributed by atoms with Gasteiger partial charge in [0.05, 0.1) is 16.6 Å². The first-order valence-corrected chi connectivity index (χ1v) is 16.4. The summed E-state index contributed by atoms with van der Waals surface area (Å²) in [7, 11) is 0. The molecule has 1 aromatic heterocycles. The van der Waals surface area contributed by atoms with E-state index in [-0.39, 0.29) is 0 Å². The Morgan fingerprint density at radius 1 is 0.574 bits per heavy atom. The smallest absolute Gasteiger partial charge is 0.161 e. The summed E-state index contributed by atoms with van der Waals surface area (Å²) >= 11 is 0. The third-order valence-corrected chi connectivity index (χ3v) is 10.5. The highest BCUT2D eigenvalue weighted by molar-refractivity contribution is 6.00. The molecule has 3 aliphatic rings. The Bertz CT molecular complexity index is 2470. The molecule has 0 N–H and O–H groups in total. The summed E-state index contributed by atoms with van der Waals surface area (Å²) < 4.78 is 0. The second-order valence-electron chi connectivity index (χ2n) is 12.8. The third kappa shape index (κ3) is 3.50. The lowest BCUT2D eigenvalue weighted by atomic mass is 9.70. The molecular formula is C45H30N2. The van der Waals surface area contributed by atoms with Crippen LogP contribution in [0.1, 0.15) is 40.3 Å². The van der Waals surface area contributed by atoms with E-state index in [1.807, 2.05) is 0 Å². The fourth-order valence-corrected chi connectivity index (χ4v) is 8.60. The monoisotopic (exact) mass is 598 g/mol. The van der Waals surface area contributed by atoms with Gasteiger partial charge in [0.2, 0.25) is 0 Å². The summed E-state index contributed by atoms with van der Waals surface area (Å²) in [6.45, 7) is 2.08. The number of hydrogen-bond donors (Lipinski definition) is 0.